The maximum Gasteiger partial charge on any atom is 0.0757 e. The summed E-state index contributed by atoms with van der Waals surface area (Å²) in [5, 5.41) is 0. The molecular weight excluding hydrogens is 335 g/mol. The van der Waals surface area contributed by atoms with Gasteiger partial charge in [-0.1, -0.05) is 11.2 Å². The average Bonchev–Trinajstić information content (AvgIpc) is 2.52. The average molecular weight is 375 g/mol. The zero-order chi connectivity index (χ0) is 19.2. The summed E-state index contributed by atoms with van der Waals surface area (Å²) in [6, 6.07) is 0. The summed E-state index contributed by atoms with van der Waals surface area (Å²) >= 11 is 3.97. The van der Waals surface area contributed by atoms with Crippen molar-refractivity contribution in [2.24, 2.45) is 0 Å². The Morgan fingerprint density at radius 1 is 0.609 bits per heavy atom. The summed E-state index contributed by atoms with van der Waals surface area (Å²) in [6.45, 7) is 23.8. The Kier molecular flexibility index (Phi) is 18.0. The van der Waals surface area contributed by atoms with Crippen molar-refractivity contribution in [2.45, 2.75) is 55.4 Å². The van der Waals surface area contributed by atoms with Crippen molar-refractivity contribution >= 4 is 18.2 Å². The predicted octanol–water partition coefficient (Wildman–Crippen LogP) is 2.82. The molecule has 0 aromatic rings. The molecule has 0 atom stereocenters. The number of halogens is 1. The van der Waals surface area contributed by atoms with Crippen molar-refractivity contribution < 1.29 is 23.3 Å². The molecule has 144 valence electrons. The van der Waals surface area contributed by atoms with E-state index in [1.807, 2.05) is 0 Å². The lowest BCUT2D eigenvalue weighted by Gasteiger charge is -2.34. The van der Waals surface area contributed by atoms with E-state index in [4.69, 9.17) is 14.4 Å². The van der Waals surface area contributed by atoms with Gasteiger partial charge in [-0.3, -0.25) is 0 Å². The van der Waals surface area contributed by atoms with Crippen molar-refractivity contribution in [3.05, 3.63) is 0 Å². The second-order valence-corrected chi connectivity index (χ2v) is 7.75. The molecule has 0 N–H and O–H groups in total. The van der Waals surface area contributed by atoms with Crippen molar-refractivity contribution in [1.82, 2.24) is 0 Å². The van der Waals surface area contributed by atoms with Gasteiger partial charge >= 0.3 is 0 Å². The molecule has 0 saturated heterocycles. The first-order valence-corrected chi connectivity index (χ1v) is 11.4. The quantitative estimate of drug-likeness (QED) is 0.484. The van der Waals surface area contributed by atoms with Gasteiger partial charge in [0.1, 0.15) is 0 Å². The second kappa shape index (κ2) is 14.7. The van der Waals surface area contributed by atoms with Crippen molar-refractivity contribution in [1.29, 1.82) is 0 Å². The van der Waals surface area contributed by atoms with E-state index in [0.717, 1.165) is 0 Å². The third-order valence-electron chi connectivity index (χ3n) is 5.37. The van der Waals surface area contributed by atoms with E-state index in [9.17, 15) is 0 Å². The Hall–Kier alpha value is 0.360. The lowest BCUT2D eigenvalue weighted by atomic mass is 10.3. The number of hydrogen-bond donors (Lipinski definition) is 0. The third-order valence-corrected chi connectivity index (χ3v) is 5.37. The topological polar surface area (TPSA) is 63.2 Å². The maximum atomic E-state index is 8.87. The maximum absolute atomic E-state index is 8.87. The molecule has 0 radical (unpaired) electrons. The summed E-state index contributed by atoms with van der Waals surface area (Å²) in [7, 11) is 0. The van der Waals surface area contributed by atoms with Gasteiger partial charge in [0.2, 0.25) is 0 Å². The first kappa shape index (κ1) is 28.2. The Morgan fingerprint density at radius 2 is 0.696 bits per heavy atom. The van der Waals surface area contributed by atoms with E-state index in [0.29, 0.717) is 0 Å². The molecule has 0 aliphatic carbocycles. The summed E-state index contributed by atoms with van der Waals surface area (Å²) in [5.74, 6) is 0. The minimum atomic E-state index is -4.67. The Morgan fingerprint density at radius 3 is 0.696 bits per heavy atom. The molecule has 0 saturated carbocycles. The van der Waals surface area contributed by atoms with E-state index in [1.165, 1.54) is 61.3 Å². The smallest absolute Gasteiger partial charge is 0.0757 e. The summed E-state index contributed by atoms with van der Waals surface area (Å²) in [5.41, 5.74) is 0. The first-order chi connectivity index (χ1) is 10.5. The molecule has 0 aromatic carbocycles. The van der Waals surface area contributed by atoms with Crippen LogP contribution in [-0.4, -0.2) is 61.3 Å². The monoisotopic (exact) mass is 374 g/mol. The standard InChI is InChI=1S/2C8H20N.ClH2O3P/c2*1-5-9(6-2,7-3)8-4;1-5(2,3)4/h2*5-8H2,1-4H3;(H2,2,3,4)/q2*+1;/p-2. The molecule has 5 nitrogen and oxygen atoms in total. The van der Waals surface area contributed by atoms with Crippen LogP contribution in [0.4, 0.5) is 0 Å². The third kappa shape index (κ3) is 15.6. The van der Waals surface area contributed by atoms with E-state index in [1.54, 1.807) is 0 Å². The van der Waals surface area contributed by atoms with E-state index in [-0.39, 0.29) is 0 Å². The van der Waals surface area contributed by atoms with E-state index in [2.05, 4.69) is 66.6 Å². The molecule has 0 aromatic heterocycles. The first-order valence-electron chi connectivity index (χ1n) is 8.90. The van der Waals surface area contributed by atoms with Crippen molar-refractivity contribution in [2.75, 3.05) is 52.4 Å². The number of rotatable bonds is 8. The number of nitrogens with zero attached hydrogens (tertiary/aromatic N) is 2. The molecule has 7 heteroatoms. The van der Waals surface area contributed by atoms with Gasteiger partial charge in [-0.15, -0.1) is 0 Å². The molecule has 0 bridgehead atoms. The molecule has 0 fully saturated rings. The second-order valence-electron chi connectivity index (χ2n) is 5.64. The van der Waals surface area contributed by atoms with Crippen LogP contribution >= 0.6 is 18.2 Å². The Balaban J connectivity index is -0.000000273. The van der Waals surface area contributed by atoms with Crippen LogP contribution in [0.25, 0.3) is 0 Å². The number of quaternary nitrogens is 2. The SMILES string of the molecule is CC[N+](CC)(CC)CC.CC[N+](CC)(CC)CC.O=P([O-])([O-])Cl. The molecule has 0 unspecified atom stereocenters. The highest BCUT2D eigenvalue weighted by atomic mass is 35.7. The van der Waals surface area contributed by atoms with Crippen molar-refractivity contribution in [3.63, 3.8) is 0 Å². The molecule has 0 aliphatic heterocycles. The normalized spacial score (nSPS) is 12.0. The predicted molar refractivity (Wildman–Crippen MR) is 98.3 cm³/mol. The molecule has 0 amide bonds. The summed E-state index contributed by atoms with van der Waals surface area (Å²) in [4.78, 5) is 17.7. The van der Waals surface area contributed by atoms with Crippen LogP contribution in [0.1, 0.15) is 55.4 Å². The van der Waals surface area contributed by atoms with Gasteiger partial charge in [-0.25, -0.2) is 0 Å². The summed E-state index contributed by atoms with van der Waals surface area (Å²) in [6.07, 6.45) is 0. The minimum absolute atomic E-state index is 1.28. The molecular formula is C16H40ClN2O3P. The van der Waals surface area contributed by atoms with E-state index >= 15 is 0 Å². The van der Waals surface area contributed by atoms with Gasteiger partial charge < -0.3 is 23.3 Å². The van der Waals surface area contributed by atoms with Crippen LogP contribution in [0, 0.1) is 0 Å². The zero-order valence-electron chi connectivity index (χ0n) is 16.6. The fourth-order valence-electron chi connectivity index (χ4n) is 2.68. The van der Waals surface area contributed by atoms with Crippen LogP contribution in [-0.2, 0) is 4.57 Å². The largest absolute Gasteiger partial charge is 0.799 e. The van der Waals surface area contributed by atoms with E-state index < -0.39 is 6.95 Å². The highest BCUT2D eigenvalue weighted by molar-refractivity contribution is 7.77. The lowest BCUT2D eigenvalue weighted by molar-refractivity contribution is -0.921. The van der Waals surface area contributed by atoms with Crippen molar-refractivity contribution in [3.8, 4) is 0 Å². The molecule has 23 heavy (non-hydrogen) atoms. The van der Waals surface area contributed by atoms with Crippen LogP contribution < -0.4 is 9.79 Å². The fourth-order valence-corrected chi connectivity index (χ4v) is 2.68. The molecule has 0 heterocycles. The molecule has 0 rings (SSSR count). The minimum Gasteiger partial charge on any atom is -0.799 e. The van der Waals surface area contributed by atoms with Crippen LogP contribution in [0.15, 0.2) is 0 Å². The van der Waals surface area contributed by atoms with Crippen LogP contribution in [0.3, 0.4) is 0 Å². The Labute approximate surface area is 149 Å². The molecule has 0 spiro atoms. The van der Waals surface area contributed by atoms with Gasteiger partial charge in [0.05, 0.1) is 52.4 Å². The highest BCUT2D eigenvalue weighted by Gasteiger charge is 2.16. The Bertz CT molecular complexity index is 240. The van der Waals surface area contributed by atoms with Gasteiger partial charge in [0.15, 0.2) is 0 Å². The van der Waals surface area contributed by atoms with Gasteiger partial charge in [-0.2, -0.15) is 0 Å². The van der Waals surface area contributed by atoms with Crippen LogP contribution in [0.2, 0.25) is 0 Å². The summed E-state index contributed by atoms with van der Waals surface area (Å²) < 4.78 is 11.4. The number of hydrogen-bond acceptors (Lipinski definition) is 3. The lowest BCUT2D eigenvalue weighted by Crippen LogP contribution is -2.47. The highest BCUT2D eigenvalue weighted by Crippen LogP contribution is 2.28. The molecule has 0 aliphatic rings. The zero-order valence-corrected chi connectivity index (χ0v) is 18.3. The van der Waals surface area contributed by atoms with Gasteiger partial charge in [0, 0.05) is 6.95 Å². The van der Waals surface area contributed by atoms with Gasteiger partial charge in [-0.05, 0) is 55.4 Å². The van der Waals surface area contributed by atoms with Crippen LogP contribution in [0.5, 0.6) is 0 Å². The van der Waals surface area contributed by atoms with Gasteiger partial charge in [0.25, 0.3) is 0 Å². The fraction of sp³-hybridized carbons (Fsp3) is 1.00.